The van der Waals surface area contributed by atoms with Gasteiger partial charge in [0.25, 0.3) is 0 Å². The first-order valence-electron chi connectivity index (χ1n) is 5.62. The summed E-state index contributed by atoms with van der Waals surface area (Å²) in [7, 11) is 0. The molecule has 1 aromatic heterocycles. The zero-order valence-corrected chi connectivity index (χ0v) is 10.7. The minimum atomic E-state index is 0.0374. The summed E-state index contributed by atoms with van der Waals surface area (Å²) in [5.74, 6) is 1.24. The fourth-order valence-electron chi connectivity index (χ4n) is 1.20. The van der Waals surface area contributed by atoms with Gasteiger partial charge >= 0.3 is 0 Å². The van der Waals surface area contributed by atoms with E-state index in [0.717, 1.165) is 22.8 Å². The van der Waals surface area contributed by atoms with E-state index in [0.29, 0.717) is 5.92 Å². The summed E-state index contributed by atoms with van der Waals surface area (Å²) in [4.78, 5) is 5.48. The smallest absolute Gasteiger partial charge is 0.0571 e. The number of aliphatic hydroxyl groups excluding tert-OH is 1. The number of hydrogen-bond donors (Lipinski definition) is 2. The van der Waals surface area contributed by atoms with E-state index in [2.05, 4.69) is 11.9 Å². The van der Waals surface area contributed by atoms with Crippen LogP contribution in [0.15, 0.2) is 23.2 Å². The van der Waals surface area contributed by atoms with E-state index in [4.69, 9.17) is 10.8 Å². The van der Waals surface area contributed by atoms with Gasteiger partial charge in [-0.2, -0.15) is 0 Å². The average molecular weight is 240 g/mol. The fraction of sp³-hybridized carbons (Fsp3) is 0.583. The second kappa shape index (κ2) is 6.89. The molecule has 0 aliphatic carbocycles. The largest absolute Gasteiger partial charge is 0.396 e. The van der Waals surface area contributed by atoms with Crippen molar-refractivity contribution in [2.45, 2.75) is 31.2 Å². The van der Waals surface area contributed by atoms with E-state index in [1.807, 2.05) is 25.3 Å². The predicted octanol–water partition coefficient (Wildman–Crippen LogP) is 2.21. The third-order valence-electron chi connectivity index (χ3n) is 2.43. The zero-order chi connectivity index (χ0) is 12.0. The van der Waals surface area contributed by atoms with Crippen LogP contribution in [0.5, 0.6) is 0 Å². The summed E-state index contributed by atoms with van der Waals surface area (Å²) in [6.45, 7) is 4.32. The lowest BCUT2D eigenvalue weighted by Crippen LogP contribution is -2.10. The van der Waals surface area contributed by atoms with Gasteiger partial charge in [0.15, 0.2) is 0 Å². The summed E-state index contributed by atoms with van der Waals surface area (Å²) < 4.78 is 0. The summed E-state index contributed by atoms with van der Waals surface area (Å²) in [5.41, 5.74) is 6.83. The van der Waals surface area contributed by atoms with Crippen molar-refractivity contribution < 1.29 is 5.11 Å². The molecule has 16 heavy (non-hydrogen) atoms. The standard InChI is InChI=1S/C12H20N2OS/c1-3-11(13)12-5-4-10(6-14-12)16-8-9(2)7-15/h4-6,9,11,15H,3,7-8,13H2,1-2H3. The Balaban J connectivity index is 2.51. The molecule has 0 aliphatic heterocycles. The maximum Gasteiger partial charge on any atom is 0.0571 e. The van der Waals surface area contributed by atoms with Crippen LogP contribution in [0.4, 0.5) is 0 Å². The van der Waals surface area contributed by atoms with Gasteiger partial charge in [0, 0.05) is 29.5 Å². The monoisotopic (exact) mass is 240 g/mol. The van der Waals surface area contributed by atoms with Gasteiger partial charge in [0.1, 0.15) is 0 Å². The molecular weight excluding hydrogens is 220 g/mol. The van der Waals surface area contributed by atoms with Crippen LogP contribution in [0.25, 0.3) is 0 Å². The number of aliphatic hydroxyl groups is 1. The Morgan fingerprint density at radius 2 is 2.25 bits per heavy atom. The Hall–Kier alpha value is -0.580. The second-order valence-corrected chi connectivity index (χ2v) is 5.13. The minimum Gasteiger partial charge on any atom is -0.396 e. The molecule has 0 saturated heterocycles. The molecule has 0 bridgehead atoms. The van der Waals surface area contributed by atoms with Crippen LogP contribution in [0.3, 0.4) is 0 Å². The summed E-state index contributed by atoms with van der Waals surface area (Å²) in [6, 6.07) is 4.07. The Bertz CT molecular complexity index is 302. The fourth-order valence-corrected chi connectivity index (χ4v) is 2.07. The molecule has 2 unspecified atom stereocenters. The Kier molecular flexibility index (Phi) is 5.80. The molecule has 0 spiro atoms. The highest BCUT2D eigenvalue weighted by atomic mass is 32.2. The van der Waals surface area contributed by atoms with Gasteiger partial charge in [-0.1, -0.05) is 13.8 Å². The van der Waals surface area contributed by atoms with E-state index < -0.39 is 0 Å². The van der Waals surface area contributed by atoms with Gasteiger partial charge in [-0.25, -0.2) is 0 Å². The van der Waals surface area contributed by atoms with Crippen LogP contribution in [0, 0.1) is 5.92 Å². The maximum atomic E-state index is 8.92. The molecule has 0 radical (unpaired) electrons. The molecule has 0 aromatic carbocycles. The summed E-state index contributed by atoms with van der Waals surface area (Å²) >= 11 is 1.72. The number of aromatic nitrogens is 1. The summed E-state index contributed by atoms with van der Waals surface area (Å²) in [5, 5.41) is 8.92. The van der Waals surface area contributed by atoms with Crippen molar-refractivity contribution >= 4 is 11.8 Å². The van der Waals surface area contributed by atoms with Crippen LogP contribution in [0.2, 0.25) is 0 Å². The first-order valence-corrected chi connectivity index (χ1v) is 6.61. The molecule has 0 fully saturated rings. The average Bonchev–Trinajstić information content (AvgIpc) is 2.35. The lowest BCUT2D eigenvalue weighted by Gasteiger charge is -2.10. The SMILES string of the molecule is CCC(N)c1ccc(SCC(C)CO)cn1. The Morgan fingerprint density at radius 1 is 1.50 bits per heavy atom. The third kappa shape index (κ3) is 4.12. The number of thioether (sulfide) groups is 1. The van der Waals surface area contributed by atoms with Gasteiger partial charge in [0.05, 0.1) is 5.69 Å². The van der Waals surface area contributed by atoms with E-state index >= 15 is 0 Å². The molecular formula is C12H20N2OS. The topological polar surface area (TPSA) is 59.1 Å². The molecule has 0 aliphatic rings. The molecule has 2 atom stereocenters. The van der Waals surface area contributed by atoms with Crippen molar-refractivity contribution in [2.24, 2.45) is 11.7 Å². The molecule has 3 nitrogen and oxygen atoms in total. The van der Waals surface area contributed by atoms with Crippen LogP contribution in [0.1, 0.15) is 32.0 Å². The molecule has 90 valence electrons. The molecule has 0 saturated carbocycles. The highest BCUT2D eigenvalue weighted by Gasteiger charge is 2.05. The van der Waals surface area contributed by atoms with Crippen molar-refractivity contribution in [1.82, 2.24) is 4.98 Å². The minimum absolute atomic E-state index is 0.0374. The molecule has 1 heterocycles. The lowest BCUT2D eigenvalue weighted by molar-refractivity contribution is 0.250. The van der Waals surface area contributed by atoms with Gasteiger partial charge in [-0.05, 0) is 24.5 Å². The van der Waals surface area contributed by atoms with Crippen LogP contribution in [-0.2, 0) is 0 Å². The Labute approximate surface area is 101 Å². The zero-order valence-electron chi connectivity index (χ0n) is 9.89. The van der Waals surface area contributed by atoms with Gasteiger partial charge < -0.3 is 10.8 Å². The van der Waals surface area contributed by atoms with Gasteiger partial charge in [-0.15, -0.1) is 11.8 Å². The van der Waals surface area contributed by atoms with Crippen molar-refractivity contribution in [3.63, 3.8) is 0 Å². The first-order chi connectivity index (χ1) is 7.67. The molecule has 3 N–H and O–H groups in total. The molecule has 1 aromatic rings. The van der Waals surface area contributed by atoms with E-state index in [1.165, 1.54) is 0 Å². The lowest BCUT2D eigenvalue weighted by atomic mass is 10.1. The third-order valence-corrected chi connectivity index (χ3v) is 3.74. The van der Waals surface area contributed by atoms with Crippen LogP contribution in [-0.4, -0.2) is 22.5 Å². The number of nitrogens with two attached hydrogens (primary N) is 1. The molecule has 4 heteroatoms. The first kappa shape index (κ1) is 13.5. The quantitative estimate of drug-likeness (QED) is 0.748. The number of rotatable bonds is 6. The van der Waals surface area contributed by atoms with Crippen LogP contribution >= 0.6 is 11.8 Å². The molecule has 0 amide bonds. The second-order valence-electron chi connectivity index (χ2n) is 4.03. The summed E-state index contributed by atoms with van der Waals surface area (Å²) in [6.07, 6.45) is 2.76. The van der Waals surface area contributed by atoms with E-state index in [-0.39, 0.29) is 12.6 Å². The van der Waals surface area contributed by atoms with Crippen molar-refractivity contribution in [1.29, 1.82) is 0 Å². The van der Waals surface area contributed by atoms with Crippen molar-refractivity contribution in [2.75, 3.05) is 12.4 Å². The van der Waals surface area contributed by atoms with E-state index in [9.17, 15) is 0 Å². The number of hydrogen-bond acceptors (Lipinski definition) is 4. The van der Waals surface area contributed by atoms with Gasteiger partial charge in [-0.3, -0.25) is 4.98 Å². The van der Waals surface area contributed by atoms with Crippen molar-refractivity contribution in [3.8, 4) is 0 Å². The highest BCUT2D eigenvalue weighted by Crippen LogP contribution is 2.21. The number of nitrogens with zero attached hydrogens (tertiary/aromatic N) is 1. The predicted molar refractivity (Wildman–Crippen MR) is 68.4 cm³/mol. The Morgan fingerprint density at radius 3 is 2.75 bits per heavy atom. The number of pyridine rings is 1. The normalized spacial score (nSPS) is 14.8. The van der Waals surface area contributed by atoms with Crippen LogP contribution < -0.4 is 5.73 Å². The maximum absolute atomic E-state index is 8.92. The highest BCUT2D eigenvalue weighted by molar-refractivity contribution is 7.99. The van der Waals surface area contributed by atoms with E-state index in [1.54, 1.807) is 11.8 Å². The van der Waals surface area contributed by atoms with Crippen molar-refractivity contribution in [3.05, 3.63) is 24.0 Å². The van der Waals surface area contributed by atoms with Gasteiger partial charge in [0.2, 0.25) is 0 Å². The molecule has 1 rings (SSSR count).